The quantitative estimate of drug-likeness (QED) is 0.917. The van der Waals surface area contributed by atoms with Crippen molar-refractivity contribution in [1.29, 1.82) is 0 Å². The van der Waals surface area contributed by atoms with Crippen LogP contribution in [0.15, 0.2) is 18.2 Å². The molecule has 0 amide bonds. The molecule has 1 N–H and O–H groups in total. The van der Waals surface area contributed by atoms with Crippen LogP contribution < -0.4 is 19.5 Å². The van der Waals surface area contributed by atoms with Gasteiger partial charge in [0.05, 0.1) is 18.4 Å². The lowest BCUT2D eigenvalue weighted by molar-refractivity contribution is 0.171. The fourth-order valence-electron chi connectivity index (χ4n) is 2.84. The normalized spacial score (nSPS) is 14.6. The molecule has 1 aromatic carbocycles. The number of aromatic nitrogens is 2. The van der Waals surface area contributed by atoms with E-state index in [-0.39, 0.29) is 6.04 Å². The van der Waals surface area contributed by atoms with Gasteiger partial charge in [-0.1, -0.05) is 6.07 Å². The van der Waals surface area contributed by atoms with Gasteiger partial charge in [-0.3, -0.25) is 0 Å². The maximum absolute atomic E-state index is 5.65. The van der Waals surface area contributed by atoms with Gasteiger partial charge in [-0.2, -0.15) is 5.10 Å². The number of hydrogen-bond acceptors (Lipinski definition) is 5. The zero-order valence-electron chi connectivity index (χ0n) is 14.0. The molecule has 2 heterocycles. The molecule has 1 aliphatic rings. The molecule has 6 heteroatoms. The zero-order chi connectivity index (χ0) is 16.4. The number of rotatable bonds is 5. The van der Waals surface area contributed by atoms with Crippen LogP contribution in [0, 0.1) is 6.92 Å². The van der Waals surface area contributed by atoms with E-state index >= 15 is 0 Å². The minimum Gasteiger partial charge on any atom is -0.486 e. The molecule has 3 rings (SSSR count). The largest absolute Gasteiger partial charge is 0.486 e. The highest BCUT2D eigenvalue weighted by atomic mass is 16.6. The zero-order valence-corrected chi connectivity index (χ0v) is 14.0. The Balaban J connectivity index is 1.71. The summed E-state index contributed by atoms with van der Waals surface area (Å²) in [4.78, 5) is 0. The van der Waals surface area contributed by atoms with Crippen LogP contribution in [0.3, 0.4) is 0 Å². The van der Waals surface area contributed by atoms with Crippen LogP contribution in [0.5, 0.6) is 17.4 Å². The number of hydrogen-bond donors (Lipinski definition) is 1. The topological polar surface area (TPSA) is 57.5 Å². The predicted molar refractivity (Wildman–Crippen MR) is 87.2 cm³/mol. The van der Waals surface area contributed by atoms with Crippen LogP contribution in [0.1, 0.15) is 29.8 Å². The predicted octanol–water partition coefficient (Wildman–Crippen LogP) is 2.36. The summed E-state index contributed by atoms with van der Waals surface area (Å²) in [6.07, 6.45) is 0. The third kappa shape index (κ3) is 3.12. The van der Waals surface area contributed by atoms with Crippen molar-refractivity contribution < 1.29 is 14.2 Å². The molecule has 0 bridgehead atoms. The summed E-state index contributed by atoms with van der Waals surface area (Å²) in [5, 5.41) is 7.93. The molecule has 0 aliphatic carbocycles. The van der Waals surface area contributed by atoms with Crippen molar-refractivity contribution in [3.63, 3.8) is 0 Å². The Morgan fingerprint density at radius 3 is 2.78 bits per heavy atom. The highest BCUT2D eigenvalue weighted by Crippen LogP contribution is 2.32. The van der Waals surface area contributed by atoms with E-state index in [4.69, 9.17) is 14.2 Å². The van der Waals surface area contributed by atoms with Gasteiger partial charge < -0.3 is 19.5 Å². The Morgan fingerprint density at radius 1 is 1.30 bits per heavy atom. The van der Waals surface area contributed by atoms with Crippen LogP contribution in [-0.4, -0.2) is 30.1 Å². The molecule has 23 heavy (non-hydrogen) atoms. The average Bonchev–Trinajstić information content (AvgIpc) is 2.84. The third-order valence-corrected chi connectivity index (χ3v) is 4.13. The molecule has 0 saturated heterocycles. The minimum atomic E-state index is 0.176. The molecular weight excluding hydrogens is 294 g/mol. The first kappa shape index (κ1) is 15.7. The smallest absolute Gasteiger partial charge is 0.216 e. The highest BCUT2D eigenvalue weighted by Gasteiger charge is 2.17. The molecule has 0 radical (unpaired) electrons. The summed E-state index contributed by atoms with van der Waals surface area (Å²) >= 11 is 0. The number of methoxy groups -OCH3 is 1. The maximum atomic E-state index is 5.65. The van der Waals surface area contributed by atoms with E-state index in [0.717, 1.165) is 34.2 Å². The summed E-state index contributed by atoms with van der Waals surface area (Å²) in [6.45, 7) is 6.03. The van der Waals surface area contributed by atoms with E-state index in [1.54, 1.807) is 11.8 Å². The van der Waals surface area contributed by atoms with Gasteiger partial charge in [0.15, 0.2) is 11.5 Å². The van der Waals surface area contributed by atoms with Crippen molar-refractivity contribution in [2.24, 2.45) is 7.05 Å². The monoisotopic (exact) mass is 317 g/mol. The van der Waals surface area contributed by atoms with Crippen LogP contribution in [0.2, 0.25) is 0 Å². The second kappa shape index (κ2) is 6.50. The van der Waals surface area contributed by atoms with E-state index in [1.807, 2.05) is 26.1 Å². The Bertz CT molecular complexity index is 697. The third-order valence-electron chi connectivity index (χ3n) is 4.13. The van der Waals surface area contributed by atoms with Gasteiger partial charge in [0.1, 0.15) is 13.2 Å². The molecule has 1 atom stereocenters. The molecule has 1 aliphatic heterocycles. The molecule has 124 valence electrons. The van der Waals surface area contributed by atoms with Crippen molar-refractivity contribution in [3.8, 4) is 17.4 Å². The molecule has 1 unspecified atom stereocenters. The van der Waals surface area contributed by atoms with Crippen LogP contribution in [-0.2, 0) is 13.6 Å². The van der Waals surface area contributed by atoms with Gasteiger partial charge in [-0.15, -0.1) is 0 Å². The first-order valence-corrected chi connectivity index (χ1v) is 7.79. The van der Waals surface area contributed by atoms with Crippen molar-refractivity contribution in [1.82, 2.24) is 15.1 Å². The first-order chi connectivity index (χ1) is 11.1. The molecule has 2 aromatic rings. The van der Waals surface area contributed by atoms with Gasteiger partial charge in [-0.05, 0) is 31.5 Å². The summed E-state index contributed by atoms with van der Waals surface area (Å²) in [5.41, 5.74) is 3.22. The summed E-state index contributed by atoms with van der Waals surface area (Å²) in [6, 6.07) is 6.26. The molecule has 0 fully saturated rings. The van der Waals surface area contributed by atoms with Crippen LogP contribution in [0.4, 0.5) is 0 Å². The Labute approximate surface area is 136 Å². The Kier molecular flexibility index (Phi) is 4.43. The van der Waals surface area contributed by atoms with Gasteiger partial charge in [0.25, 0.3) is 0 Å². The molecule has 0 spiro atoms. The number of benzene rings is 1. The summed E-state index contributed by atoms with van der Waals surface area (Å²) < 4.78 is 18.4. The Hall–Kier alpha value is -2.21. The highest BCUT2D eigenvalue weighted by molar-refractivity contribution is 5.44. The summed E-state index contributed by atoms with van der Waals surface area (Å²) in [5.74, 6) is 2.43. The number of ether oxygens (including phenoxy) is 3. The SMILES string of the molecule is COc1c(CNC(C)c2ccc3c(c2)OCCO3)c(C)nn1C. The van der Waals surface area contributed by atoms with Crippen molar-refractivity contribution in [2.75, 3.05) is 20.3 Å². The number of nitrogens with zero attached hydrogens (tertiary/aromatic N) is 2. The van der Waals surface area contributed by atoms with E-state index in [2.05, 4.69) is 23.4 Å². The van der Waals surface area contributed by atoms with Crippen molar-refractivity contribution in [3.05, 3.63) is 35.0 Å². The van der Waals surface area contributed by atoms with Gasteiger partial charge in [-0.25, -0.2) is 4.68 Å². The first-order valence-electron chi connectivity index (χ1n) is 7.79. The fraction of sp³-hybridized carbons (Fsp3) is 0.471. The van der Waals surface area contributed by atoms with Crippen LogP contribution in [0.25, 0.3) is 0 Å². The van der Waals surface area contributed by atoms with E-state index in [9.17, 15) is 0 Å². The standard InChI is InChI=1S/C17H23N3O3/c1-11(13-5-6-15-16(9-13)23-8-7-22-15)18-10-14-12(2)19-20(3)17(14)21-4/h5-6,9,11,18H,7-8,10H2,1-4H3. The molecule has 6 nitrogen and oxygen atoms in total. The summed E-state index contributed by atoms with van der Waals surface area (Å²) in [7, 11) is 3.56. The van der Waals surface area contributed by atoms with Gasteiger partial charge in [0, 0.05) is 19.6 Å². The van der Waals surface area contributed by atoms with E-state index in [0.29, 0.717) is 19.8 Å². The number of fused-ring (bicyclic) bond motifs is 1. The van der Waals surface area contributed by atoms with Crippen molar-refractivity contribution >= 4 is 0 Å². The van der Waals surface area contributed by atoms with Gasteiger partial charge >= 0.3 is 0 Å². The fourth-order valence-corrected chi connectivity index (χ4v) is 2.84. The Morgan fingerprint density at radius 2 is 2.04 bits per heavy atom. The maximum Gasteiger partial charge on any atom is 0.216 e. The van der Waals surface area contributed by atoms with Gasteiger partial charge in [0.2, 0.25) is 5.88 Å². The second-order valence-electron chi connectivity index (χ2n) is 5.70. The number of nitrogens with one attached hydrogen (secondary N) is 1. The molecule has 0 saturated carbocycles. The lowest BCUT2D eigenvalue weighted by atomic mass is 10.1. The van der Waals surface area contributed by atoms with E-state index < -0.39 is 0 Å². The second-order valence-corrected chi connectivity index (χ2v) is 5.70. The van der Waals surface area contributed by atoms with Crippen molar-refractivity contribution in [2.45, 2.75) is 26.4 Å². The lowest BCUT2D eigenvalue weighted by Gasteiger charge is -2.21. The van der Waals surface area contributed by atoms with Crippen LogP contribution >= 0.6 is 0 Å². The molecule has 1 aromatic heterocycles. The lowest BCUT2D eigenvalue weighted by Crippen LogP contribution is -2.20. The van der Waals surface area contributed by atoms with E-state index in [1.165, 1.54) is 0 Å². The average molecular weight is 317 g/mol. The number of aryl methyl sites for hydroxylation is 2. The molecular formula is C17H23N3O3. The minimum absolute atomic E-state index is 0.176.